The summed E-state index contributed by atoms with van der Waals surface area (Å²) in [6.45, 7) is 2.52. The van der Waals surface area contributed by atoms with Crippen LogP contribution in [0.3, 0.4) is 0 Å². The Labute approximate surface area is 197 Å². The topological polar surface area (TPSA) is 120 Å². The van der Waals surface area contributed by atoms with Gasteiger partial charge in [0.1, 0.15) is 17.0 Å². The molecule has 1 aromatic carbocycles. The van der Waals surface area contributed by atoms with E-state index in [1.54, 1.807) is 19.2 Å². The van der Waals surface area contributed by atoms with E-state index in [-0.39, 0.29) is 28.8 Å². The van der Waals surface area contributed by atoms with Crippen LogP contribution in [0, 0.1) is 5.82 Å². The van der Waals surface area contributed by atoms with Crippen LogP contribution in [0.15, 0.2) is 23.0 Å². The Morgan fingerprint density at radius 2 is 2.00 bits per heavy atom. The van der Waals surface area contributed by atoms with Crippen LogP contribution >= 0.6 is 11.3 Å². The second-order valence-corrected chi connectivity index (χ2v) is 9.45. The van der Waals surface area contributed by atoms with Gasteiger partial charge in [-0.1, -0.05) is 11.3 Å². The fraction of sp³-hybridized carbons (Fsp3) is 0.364. The third-order valence-electron chi connectivity index (χ3n) is 6.43. The summed E-state index contributed by atoms with van der Waals surface area (Å²) in [5.41, 5.74) is 7.59. The zero-order valence-electron chi connectivity index (χ0n) is 18.5. The van der Waals surface area contributed by atoms with Crippen LogP contribution in [0.4, 0.5) is 15.3 Å². The van der Waals surface area contributed by atoms with Crippen LogP contribution in [0.5, 0.6) is 6.01 Å². The summed E-state index contributed by atoms with van der Waals surface area (Å²) in [6, 6.07) is 5.00. The Balaban J connectivity index is 1.62. The number of hydrogen-bond acceptors (Lipinski definition) is 10. The van der Waals surface area contributed by atoms with Crippen molar-refractivity contribution < 1.29 is 13.9 Å². The Morgan fingerprint density at radius 1 is 1.24 bits per heavy atom. The Kier molecular flexibility index (Phi) is 4.90. The maximum Gasteiger partial charge on any atom is 0.318 e. The van der Waals surface area contributed by atoms with E-state index >= 15 is 0 Å². The lowest BCUT2D eigenvalue weighted by Gasteiger charge is -2.46. The van der Waals surface area contributed by atoms with Crippen molar-refractivity contribution >= 4 is 43.4 Å². The average molecular weight is 484 g/mol. The zero-order valence-corrected chi connectivity index (χ0v) is 19.4. The van der Waals surface area contributed by atoms with Crippen LogP contribution in [0.25, 0.3) is 32.4 Å². The van der Waals surface area contributed by atoms with Crippen LogP contribution in [-0.2, 0) is 11.8 Å². The second-order valence-electron chi connectivity index (χ2n) is 8.42. The first-order valence-electron chi connectivity index (χ1n) is 10.8. The minimum absolute atomic E-state index is 0.0365. The Hall–Kier alpha value is -3.35. The van der Waals surface area contributed by atoms with Gasteiger partial charge in [-0.15, -0.1) is 0 Å². The first-order valence-corrected chi connectivity index (χ1v) is 11.7. The number of nitrogen functional groups attached to an aromatic ring is 1. The maximum atomic E-state index is 14.4. The summed E-state index contributed by atoms with van der Waals surface area (Å²) in [7, 11) is 3.17. The summed E-state index contributed by atoms with van der Waals surface area (Å²) >= 11 is 1.07. The number of thiazole rings is 1. The highest BCUT2D eigenvalue weighted by molar-refractivity contribution is 7.22. The molecule has 2 aliphatic rings. The van der Waals surface area contributed by atoms with Gasteiger partial charge in [-0.2, -0.15) is 9.97 Å². The zero-order chi connectivity index (χ0) is 23.6. The van der Waals surface area contributed by atoms with E-state index in [2.05, 4.69) is 25.2 Å². The molecule has 3 N–H and O–H groups in total. The first-order chi connectivity index (χ1) is 16.5. The van der Waals surface area contributed by atoms with Crippen molar-refractivity contribution in [2.75, 3.05) is 44.0 Å². The highest BCUT2D eigenvalue weighted by atomic mass is 32.1. The van der Waals surface area contributed by atoms with E-state index in [1.165, 1.54) is 17.7 Å². The molecule has 10 nitrogen and oxygen atoms in total. The highest BCUT2D eigenvalue weighted by Gasteiger charge is 2.37. The maximum absolute atomic E-state index is 14.4. The number of piperazine rings is 1. The third-order valence-corrected chi connectivity index (χ3v) is 7.33. The summed E-state index contributed by atoms with van der Waals surface area (Å²) in [5, 5.41) is 4.08. The van der Waals surface area contributed by atoms with Crippen LogP contribution < -0.4 is 26.2 Å². The van der Waals surface area contributed by atoms with Gasteiger partial charge < -0.3 is 30.0 Å². The van der Waals surface area contributed by atoms with Gasteiger partial charge in [-0.05, 0) is 18.2 Å². The molecule has 2 saturated heterocycles. The lowest BCUT2D eigenvalue weighted by molar-refractivity contribution is 0.0523. The largest absolute Gasteiger partial charge is 0.467 e. The minimum Gasteiger partial charge on any atom is -0.467 e. The number of benzene rings is 1. The van der Waals surface area contributed by atoms with Gasteiger partial charge in [-0.25, -0.2) is 9.37 Å². The molecule has 5 heterocycles. The number of rotatable bonds is 3. The molecule has 2 fully saturated rings. The molecule has 0 amide bonds. The first kappa shape index (κ1) is 21.2. The minimum atomic E-state index is -0.405. The lowest BCUT2D eigenvalue weighted by atomic mass is 10.0. The van der Waals surface area contributed by atoms with Gasteiger partial charge in [-0.3, -0.25) is 4.79 Å². The Bertz CT molecular complexity index is 1480. The number of fused-ring (bicyclic) bond motifs is 4. The monoisotopic (exact) mass is 483 g/mol. The number of morpholine rings is 1. The second kappa shape index (κ2) is 7.86. The molecule has 34 heavy (non-hydrogen) atoms. The fourth-order valence-electron chi connectivity index (χ4n) is 4.87. The molecule has 12 heteroatoms. The number of ether oxygens (including phenoxy) is 2. The number of halogens is 1. The molecule has 176 valence electrons. The lowest BCUT2D eigenvalue weighted by Crippen LogP contribution is -2.64. The normalized spacial score (nSPS) is 20.3. The number of pyridine rings is 1. The molecule has 2 bridgehead atoms. The van der Waals surface area contributed by atoms with Crippen molar-refractivity contribution in [3.63, 3.8) is 0 Å². The van der Waals surface area contributed by atoms with Crippen molar-refractivity contribution in [1.29, 1.82) is 0 Å². The average Bonchev–Trinajstić information content (AvgIpc) is 3.23. The van der Waals surface area contributed by atoms with E-state index in [4.69, 9.17) is 15.2 Å². The number of hydrogen-bond donors (Lipinski definition) is 2. The van der Waals surface area contributed by atoms with Crippen molar-refractivity contribution in [3.8, 4) is 17.3 Å². The molecule has 4 aromatic rings. The number of methoxy groups -OCH3 is 1. The van der Waals surface area contributed by atoms with Crippen molar-refractivity contribution in [2.24, 2.45) is 7.05 Å². The summed E-state index contributed by atoms with van der Waals surface area (Å²) < 4.78 is 27.4. The highest BCUT2D eigenvalue weighted by Crippen LogP contribution is 2.36. The van der Waals surface area contributed by atoms with Crippen LogP contribution in [0.2, 0.25) is 0 Å². The number of nitrogens with two attached hydrogens (primary N) is 1. The molecule has 0 aliphatic carbocycles. The predicted octanol–water partition coefficient (Wildman–Crippen LogP) is 1.51. The van der Waals surface area contributed by atoms with Gasteiger partial charge in [0.25, 0.3) is 5.56 Å². The van der Waals surface area contributed by atoms with Gasteiger partial charge in [0, 0.05) is 25.7 Å². The summed E-state index contributed by atoms with van der Waals surface area (Å²) in [5.74, 6) is 0.133. The SMILES string of the molecule is COc1nc(N2C3CNCC2COC3)c2c(=O)n(C)c(-c3ccc(F)c4sc(N)nc34)cc2n1. The standard InChI is InChI=1S/C22H22FN7O3S/c1-29-15(12-3-4-13(23)18-17(12)27-21(24)34-18)5-14-16(20(29)31)19(28-22(26-14)32-2)30-10-6-25-7-11(30)9-33-8-10/h3-5,10-11,25H,6-9H2,1-2H3,(H2,24,27). The van der Waals surface area contributed by atoms with E-state index < -0.39 is 5.82 Å². The number of anilines is 2. The molecular weight excluding hydrogens is 461 g/mol. The molecule has 2 aliphatic heterocycles. The van der Waals surface area contributed by atoms with E-state index in [0.29, 0.717) is 51.4 Å². The van der Waals surface area contributed by atoms with Crippen molar-refractivity contribution in [3.05, 3.63) is 34.4 Å². The molecule has 0 radical (unpaired) electrons. The van der Waals surface area contributed by atoms with Crippen molar-refractivity contribution in [1.82, 2.24) is 24.8 Å². The molecule has 0 saturated carbocycles. The Morgan fingerprint density at radius 3 is 2.74 bits per heavy atom. The smallest absolute Gasteiger partial charge is 0.318 e. The van der Waals surface area contributed by atoms with E-state index in [0.717, 1.165) is 24.4 Å². The van der Waals surface area contributed by atoms with Gasteiger partial charge >= 0.3 is 6.01 Å². The number of nitrogens with zero attached hydrogens (tertiary/aromatic N) is 5. The third kappa shape index (κ3) is 3.13. The summed E-state index contributed by atoms with van der Waals surface area (Å²) in [4.78, 5) is 29.4. The molecule has 3 aromatic heterocycles. The fourth-order valence-corrected chi connectivity index (χ4v) is 5.63. The predicted molar refractivity (Wildman–Crippen MR) is 128 cm³/mol. The van der Waals surface area contributed by atoms with E-state index in [9.17, 15) is 9.18 Å². The van der Waals surface area contributed by atoms with Gasteiger partial charge in [0.05, 0.1) is 53.8 Å². The molecular formula is C22H22FN7O3S. The number of aromatic nitrogens is 4. The number of nitrogens with one attached hydrogen (secondary N) is 1. The molecule has 2 unspecified atom stereocenters. The van der Waals surface area contributed by atoms with E-state index in [1.807, 2.05) is 0 Å². The van der Waals surface area contributed by atoms with Crippen LogP contribution in [-0.4, -0.2) is 65.0 Å². The van der Waals surface area contributed by atoms with Crippen LogP contribution in [0.1, 0.15) is 0 Å². The summed E-state index contributed by atoms with van der Waals surface area (Å²) in [6.07, 6.45) is 0. The quantitative estimate of drug-likeness (QED) is 0.447. The molecule has 2 atom stereocenters. The molecule has 0 spiro atoms. The van der Waals surface area contributed by atoms with Crippen molar-refractivity contribution in [2.45, 2.75) is 12.1 Å². The van der Waals surface area contributed by atoms with Gasteiger partial charge in [0.15, 0.2) is 5.13 Å². The molecule has 6 rings (SSSR count). The van der Waals surface area contributed by atoms with Gasteiger partial charge in [0.2, 0.25) is 0 Å².